The van der Waals surface area contributed by atoms with Crippen LogP contribution in [0.25, 0.3) is 0 Å². The van der Waals surface area contributed by atoms with Gasteiger partial charge in [-0.3, -0.25) is 4.79 Å². The normalized spacial score (nSPS) is 32.0. The SMILES string of the molecule is CC1(C)[C@@H]2CC[C@@]1(CS(=O)(F)=NCc1ccccc1)C(=O)C2. The van der Waals surface area contributed by atoms with Gasteiger partial charge in [0.2, 0.25) is 10.1 Å². The molecular weight excluding hydrogens is 301 g/mol. The van der Waals surface area contributed by atoms with Gasteiger partial charge in [-0.25, -0.2) is 8.57 Å². The predicted molar refractivity (Wildman–Crippen MR) is 85.3 cm³/mol. The Bertz CT molecular complexity index is 707. The summed E-state index contributed by atoms with van der Waals surface area (Å²) in [6.07, 6.45) is 2.07. The van der Waals surface area contributed by atoms with Crippen molar-refractivity contribution in [1.29, 1.82) is 0 Å². The van der Waals surface area contributed by atoms with Crippen LogP contribution in [0.2, 0.25) is 0 Å². The lowest BCUT2D eigenvalue weighted by Crippen LogP contribution is -2.41. The van der Waals surface area contributed by atoms with Gasteiger partial charge in [-0.05, 0) is 29.7 Å². The van der Waals surface area contributed by atoms with Gasteiger partial charge in [0.15, 0.2) is 0 Å². The quantitative estimate of drug-likeness (QED) is 0.788. The summed E-state index contributed by atoms with van der Waals surface area (Å²) in [6.45, 7) is 4.12. The molecule has 0 aliphatic heterocycles. The number of Topliss-reactive ketones (excluding diaryl/α,β-unsaturated/α-hetero) is 1. The molecule has 1 unspecified atom stereocenters. The number of carbonyl (C=O) groups is 1. The minimum absolute atomic E-state index is 0.0778. The maximum atomic E-state index is 14.6. The second-order valence-corrected chi connectivity index (χ2v) is 8.82. The summed E-state index contributed by atoms with van der Waals surface area (Å²) in [5, 5.41) is 0. The van der Waals surface area contributed by atoms with E-state index < -0.39 is 15.5 Å². The first-order valence-corrected chi connectivity index (χ1v) is 9.33. The van der Waals surface area contributed by atoms with Crippen molar-refractivity contribution >= 4 is 15.9 Å². The van der Waals surface area contributed by atoms with Gasteiger partial charge < -0.3 is 0 Å². The summed E-state index contributed by atoms with van der Waals surface area (Å²) >= 11 is 0. The largest absolute Gasteiger partial charge is 0.299 e. The molecular formula is C17H22FNO2S. The van der Waals surface area contributed by atoms with E-state index in [1.165, 1.54) is 0 Å². The van der Waals surface area contributed by atoms with Crippen molar-refractivity contribution in [1.82, 2.24) is 0 Å². The van der Waals surface area contributed by atoms with Gasteiger partial charge in [-0.15, -0.1) is 3.89 Å². The molecule has 0 amide bonds. The van der Waals surface area contributed by atoms with E-state index in [9.17, 15) is 12.9 Å². The van der Waals surface area contributed by atoms with Gasteiger partial charge in [-0.1, -0.05) is 44.2 Å². The van der Waals surface area contributed by atoms with Crippen LogP contribution in [-0.2, 0) is 21.5 Å². The van der Waals surface area contributed by atoms with Crippen LogP contribution in [0.1, 0.15) is 38.7 Å². The van der Waals surface area contributed by atoms with Crippen LogP contribution in [-0.4, -0.2) is 15.7 Å². The molecule has 0 aromatic heterocycles. The number of carbonyl (C=O) groups excluding carboxylic acids is 1. The number of halogens is 1. The zero-order valence-electron chi connectivity index (χ0n) is 13.0. The maximum absolute atomic E-state index is 14.6. The summed E-state index contributed by atoms with van der Waals surface area (Å²) in [5.41, 5.74) is -0.239. The molecule has 2 aliphatic carbocycles. The average molecular weight is 323 g/mol. The lowest BCUT2D eigenvalue weighted by molar-refractivity contribution is -0.128. The minimum Gasteiger partial charge on any atom is -0.299 e. The fourth-order valence-corrected chi connectivity index (χ4v) is 5.93. The third-order valence-corrected chi connectivity index (χ3v) is 7.21. The fourth-order valence-electron chi connectivity index (χ4n) is 4.21. The maximum Gasteiger partial charge on any atom is 0.203 e. The molecule has 2 aliphatic rings. The number of ketones is 1. The molecule has 3 rings (SSSR count). The highest BCUT2D eigenvalue weighted by atomic mass is 32.3. The van der Waals surface area contributed by atoms with E-state index in [4.69, 9.17) is 0 Å². The highest BCUT2D eigenvalue weighted by Gasteiger charge is 2.65. The van der Waals surface area contributed by atoms with Gasteiger partial charge in [0.1, 0.15) is 5.78 Å². The van der Waals surface area contributed by atoms with Crippen molar-refractivity contribution in [2.45, 2.75) is 39.7 Å². The molecule has 2 bridgehead atoms. The monoisotopic (exact) mass is 323 g/mol. The van der Waals surface area contributed by atoms with Crippen LogP contribution in [0.15, 0.2) is 34.7 Å². The van der Waals surface area contributed by atoms with E-state index in [2.05, 4.69) is 4.36 Å². The van der Waals surface area contributed by atoms with Crippen molar-refractivity contribution in [2.75, 3.05) is 5.75 Å². The highest BCUT2D eigenvalue weighted by molar-refractivity contribution is 7.88. The van der Waals surface area contributed by atoms with E-state index in [1.807, 2.05) is 44.2 Å². The molecule has 0 saturated heterocycles. The minimum atomic E-state index is -3.86. The van der Waals surface area contributed by atoms with Gasteiger partial charge in [-0.2, -0.15) is 0 Å². The van der Waals surface area contributed by atoms with Crippen molar-refractivity contribution in [3.05, 3.63) is 35.9 Å². The topological polar surface area (TPSA) is 46.5 Å². The first-order valence-electron chi connectivity index (χ1n) is 7.74. The second-order valence-electron chi connectivity index (χ2n) is 7.15. The van der Waals surface area contributed by atoms with E-state index >= 15 is 0 Å². The zero-order chi connectivity index (χ0) is 16.0. The molecule has 2 saturated carbocycles. The lowest BCUT2D eigenvalue weighted by atomic mass is 9.70. The van der Waals surface area contributed by atoms with E-state index in [-0.39, 0.29) is 23.5 Å². The number of fused-ring (bicyclic) bond motifs is 2. The number of hydrogen-bond donors (Lipinski definition) is 0. The molecule has 3 nitrogen and oxygen atoms in total. The molecule has 0 spiro atoms. The van der Waals surface area contributed by atoms with Gasteiger partial charge in [0.25, 0.3) is 0 Å². The van der Waals surface area contributed by atoms with Crippen LogP contribution in [0.4, 0.5) is 3.89 Å². The van der Waals surface area contributed by atoms with E-state index in [0.717, 1.165) is 12.0 Å². The molecule has 2 fully saturated rings. The molecule has 0 heterocycles. The summed E-state index contributed by atoms with van der Waals surface area (Å²) in [4.78, 5) is 12.4. The Balaban J connectivity index is 1.85. The third kappa shape index (κ3) is 2.39. The lowest BCUT2D eigenvalue weighted by Gasteiger charge is -2.35. The predicted octanol–water partition coefficient (Wildman–Crippen LogP) is 3.93. The van der Waals surface area contributed by atoms with Gasteiger partial charge in [0.05, 0.1) is 12.3 Å². The smallest absolute Gasteiger partial charge is 0.203 e. The molecule has 5 heteroatoms. The fraction of sp³-hybridized carbons (Fsp3) is 0.588. The van der Waals surface area contributed by atoms with Crippen molar-refractivity contribution in [3.63, 3.8) is 0 Å². The van der Waals surface area contributed by atoms with Crippen LogP contribution < -0.4 is 0 Å². The number of nitrogens with zero attached hydrogens (tertiary/aromatic N) is 1. The Labute approximate surface area is 131 Å². The zero-order valence-corrected chi connectivity index (χ0v) is 13.9. The van der Waals surface area contributed by atoms with Gasteiger partial charge in [0, 0.05) is 11.8 Å². The van der Waals surface area contributed by atoms with Gasteiger partial charge >= 0.3 is 0 Å². The first-order chi connectivity index (χ1) is 10.3. The molecule has 0 N–H and O–H groups in total. The average Bonchev–Trinajstić information content (AvgIpc) is 2.80. The van der Waals surface area contributed by atoms with Crippen LogP contribution in [0, 0.1) is 16.7 Å². The summed E-state index contributed by atoms with van der Waals surface area (Å²) in [5.74, 6) is 0.133. The highest BCUT2D eigenvalue weighted by Crippen LogP contribution is 2.64. The second kappa shape index (κ2) is 5.15. The third-order valence-electron chi connectivity index (χ3n) is 5.85. The van der Waals surface area contributed by atoms with Crippen LogP contribution in [0.5, 0.6) is 0 Å². The number of rotatable bonds is 4. The van der Waals surface area contributed by atoms with Crippen LogP contribution >= 0.6 is 0 Å². The molecule has 22 heavy (non-hydrogen) atoms. The number of benzene rings is 1. The molecule has 0 radical (unpaired) electrons. The Morgan fingerprint density at radius 3 is 2.55 bits per heavy atom. The Kier molecular flexibility index (Phi) is 3.67. The first kappa shape index (κ1) is 15.7. The molecule has 120 valence electrons. The van der Waals surface area contributed by atoms with Crippen molar-refractivity contribution in [3.8, 4) is 0 Å². The summed E-state index contributed by atoms with van der Waals surface area (Å²) in [6, 6.07) is 9.21. The number of hydrogen-bond acceptors (Lipinski definition) is 3. The van der Waals surface area contributed by atoms with Crippen molar-refractivity contribution in [2.24, 2.45) is 21.1 Å². The standard InChI is InChI=1S/C17H22FNO2S/c1-16(2)14-8-9-17(16,15(20)10-14)12-22(18,21)19-11-13-6-4-3-5-7-13/h3-7,14H,8-12H2,1-2H3/t14-,17-,22?/m1/s1. The van der Waals surface area contributed by atoms with E-state index in [0.29, 0.717) is 18.8 Å². The molecule has 1 aromatic rings. The summed E-state index contributed by atoms with van der Waals surface area (Å²) in [7, 11) is -3.86. The van der Waals surface area contributed by atoms with Crippen LogP contribution in [0.3, 0.4) is 0 Å². The Morgan fingerprint density at radius 2 is 2.00 bits per heavy atom. The van der Waals surface area contributed by atoms with E-state index in [1.54, 1.807) is 0 Å². The molecule has 1 aromatic carbocycles. The Morgan fingerprint density at radius 1 is 1.32 bits per heavy atom. The summed E-state index contributed by atoms with van der Waals surface area (Å²) < 4.78 is 30.8. The van der Waals surface area contributed by atoms with Crippen molar-refractivity contribution < 1.29 is 12.9 Å². The molecule has 3 atom stereocenters. The Hall–Kier alpha value is -1.23.